The number of carbonyl (C=O) groups is 2. The van der Waals surface area contributed by atoms with E-state index in [-0.39, 0.29) is 17.1 Å². The van der Waals surface area contributed by atoms with Crippen LogP contribution in [0, 0.1) is 0 Å². The lowest BCUT2D eigenvalue weighted by atomic mass is 9.89. The molecule has 2 aromatic carbocycles. The van der Waals surface area contributed by atoms with E-state index in [9.17, 15) is 9.59 Å². The molecule has 5 heteroatoms. The molecule has 0 saturated heterocycles. The predicted octanol–water partition coefficient (Wildman–Crippen LogP) is 3.87. The van der Waals surface area contributed by atoms with Gasteiger partial charge in [-0.2, -0.15) is 0 Å². The van der Waals surface area contributed by atoms with E-state index in [0.29, 0.717) is 27.7 Å². The number of hydrogen-bond donors (Lipinski definition) is 0. The molecule has 0 unspecified atom stereocenters. The molecular formula is C18H16O4S. The maximum absolute atomic E-state index is 12.9. The van der Waals surface area contributed by atoms with Gasteiger partial charge >= 0.3 is 0 Å². The summed E-state index contributed by atoms with van der Waals surface area (Å²) < 4.78 is 11.0. The minimum absolute atomic E-state index is 0.188. The summed E-state index contributed by atoms with van der Waals surface area (Å²) in [7, 11) is 3.02. The fourth-order valence-electron chi connectivity index (χ4n) is 2.89. The van der Waals surface area contributed by atoms with E-state index in [0.717, 1.165) is 10.8 Å². The van der Waals surface area contributed by atoms with Crippen molar-refractivity contribution in [2.24, 2.45) is 0 Å². The Balaban J connectivity index is 2.43. The van der Waals surface area contributed by atoms with Crippen LogP contribution in [0.3, 0.4) is 0 Å². The normalized spacial score (nSPS) is 13.8. The Hall–Kier alpha value is -2.27. The highest BCUT2D eigenvalue weighted by atomic mass is 32.2. The van der Waals surface area contributed by atoms with Gasteiger partial charge in [-0.1, -0.05) is 31.2 Å². The van der Waals surface area contributed by atoms with Gasteiger partial charge in [0, 0.05) is 16.8 Å². The first kappa shape index (κ1) is 15.6. The molecule has 0 saturated carbocycles. The van der Waals surface area contributed by atoms with Gasteiger partial charge in [0.05, 0.1) is 30.3 Å². The summed E-state index contributed by atoms with van der Waals surface area (Å²) in [5.41, 5.74) is 0.583. The van der Waals surface area contributed by atoms with E-state index in [1.54, 1.807) is 0 Å². The van der Waals surface area contributed by atoms with Crippen molar-refractivity contribution >= 4 is 34.1 Å². The summed E-state index contributed by atoms with van der Waals surface area (Å²) >= 11 is 1.36. The third-order valence-corrected chi connectivity index (χ3v) is 4.69. The van der Waals surface area contributed by atoms with Crippen LogP contribution in [0.2, 0.25) is 0 Å². The molecule has 0 spiro atoms. The maximum atomic E-state index is 12.9. The number of Topliss-reactive ketones (excluding diaryl/α,β-unsaturated/α-hetero) is 1. The first-order chi connectivity index (χ1) is 11.1. The number of thioether (sulfide) groups is 1. The standard InChI is InChI=1S/C18H16O4S/c1-4-23-13-9-12(19)14-15(16(13)20)18(22-3)11-8-6-5-7-10(11)17(14)21-2/h5-9H,4H2,1-3H3. The molecule has 0 aromatic heterocycles. The van der Waals surface area contributed by atoms with Crippen LogP contribution in [0.25, 0.3) is 10.8 Å². The number of fused-ring (bicyclic) bond motifs is 2. The first-order valence-corrected chi connectivity index (χ1v) is 8.22. The summed E-state index contributed by atoms with van der Waals surface area (Å²) in [6.45, 7) is 1.94. The number of ketones is 2. The second-order valence-corrected chi connectivity index (χ2v) is 6.30. The summed E-state index contributed by atoms with van der Waals surface area (Å²) in [5.74, 6) is 1.15. The van der Waals surface area contributed by atoms with Crippen LogP contribution >= 0.6 is 11.8 Å². The Kier molecular flexibility index (Phi) is 4.13. The quantitative estimate of drug-likeness (QED) is 0.853. The smallest absolute Gasteiger partial charge is 0.204 e. The molecule has 0 amide bonds. The average molecular weight is 328 g/mol. The fourth-order valence-corrected chi connectivity index (χ4v) is 3.63. The molecule has 4 nitrogen and oxygen atoms in total. The van der Waals surface area contributed by atoms with Crippen LogP contribution in [0.1, 0.15) is 27.6 Å². The first-order valence-electron chi connectivity index (χ1n) is 7.24. The SMILES string of the molecule is CCSC1=CC(=O)c2c(c(OC)c3ccccc3c2OC)C1=O. The molecule has 1 aliphatic rings. The minimum atomic E-state index is -0.226. The van der Waals surface area contributed by atoms with Gasteiger partial charge in [0.2, 0.25) is 5.78 Å². The van der Waals surface area contributed by atoms with Crippen LogP contribution in [0.15, 0.2) is 35.2 Å². The minimum Gasteiger partial charge on any atom is -0.495 e. The Morgan fingerprint density at radius 1 is 0.957 bits per heavy atom. The highest BCUT2D eigenvalue weighted by Gasteiger charge is 2.34. The molecule has 1 aliphatic carbocycles. The largest absolute Gasteiger partial charge is 0.495 e. The second-order valence-electron chi connectivity index (χ2n) is 5.00. The van der Waals surface area contributed by atoms with Crippen LogP contribution < -0.4 is 9.47 Å². The Labute approximate surface area is 138 Å². The van der Waals surface area contributed by atoms with E-state index in [1.165, 1.54) is 32.1 Å². The molecule has 2 aromatic rings. The van der Waals surface area contributed by atoms with Crippen LogP contribution in [-0.2, 0) is 0 Å². The lowest BCUT2D eigenvalue weighted by molar-refractivity contribution is 0.0986. The maximum Gasteiger partial charge on any atom is 0.204 e. The van der Waals surface area contributed by atoms with E-state index in [2.05, 4.69) is 0 Å². The van der Waals surface area contributed by atoms with Gasteiger partial charge in [0.15, 0.2) is 5.78 Å². The Morgan fingerprint density at radius 2 is 1.52 bits per heavy atom. The molecular weight excluding hydrogens is 312 g/mol. The zero-order valence-electron chi connectivity index (χ0n) is 13.1. The van der Waals surface area contributed by atoms with Crippen molar-refractivity contribution < 1.29 is 19.1 Å². The van der Waals surface area contributed by atoms with Gasteiger partial charge in [-0.3, -0.25) is 9.59 Å². The monoisotopic (exact) mass is 328 g/mol. The van der Waals surface area contributed by atoms with E-state index in [4.69, 9.17) is 9.47 Å². The predicted molar refractivity (Wildman–Crippen MR) is 91.9 cm³/mol. The van der Waals surface area contributed by atoms with Crippen molar-refractivity contribution in [2.45, 2.75) is 6.92 Å². The van der Waals surface area contributed by atoms with E-state index >= 15 is 0 Å². The lowest BCUT2D eigenvalue weighted by Gasteiger charge is -2.22. The zero-order chi connectivity index (χ0) is 16.6. The van der Waals surface area contributed by atoms with Crippen molar-refractivity contribution in [3.8, 4) is 11.5 Å². The van der Waals surface area contributed by atoms with Gasteiger partial charge in [0.1, 0.15) is 11.5 Å². The average Bonchev–Trinajstić information content (AvgIpc) is 2.57. The molecule has 0 aliphatic heterocycles. The molecule has 118 valence electrons. The summed E-state index contributed by atoms with van der Waals surface area (Å²) in [4.78, 5) is 25.9. The van der Waals surface area contributed by atoms with Crippen molar-refractivity contribution in [1.29, 1.82) is 0 Å². The van der Waals surface area contributed by atoms with Gasteiger partial charge in [0.25, 0.3) is 0 Å². The number of methoxy groups -OCH3 is 2. The Morgan fingerprint density at radius 3 is 2.04 bits per heavy atom. The number of ether oxygens (including phenoxy) is 2. The topological polar surface area (TPSA) is 52.6 Å². The summed E-state index contributed by atoms with van der Waals surface area (Å²) in [6.07, 6.45) is 1.40. The third-order valence-electron chi connectivity index (χ3n) is 3.79. The molecule has 0 bridgehead atoms. The number of allylic oxidation sites excluding steroid dienone is 2. The van der Waals surface area contributed by atoms with Crippen molar-refractivity contribution in [3.05, 3.63) is 46.4 Å². The fraction of sp³-hybridized carbons (Fsp3) is 0.222. The number of hydrogen-bond acceptors (Lipinski definition) is 5. The molecule has 0 radical (unpaired) electrons. The van der Waals surface area contributed by atoms with Crippen molar-refractivity contribution in [1.82, 2.24) is 0 Å². The number of rotatable bonds is 4. The highest BCUT2D eigenvalue weighted by Crippen LogP contribution is 2.44. The zero-order valence-corrected chi connectivity index (χ0v) is 14.0. The molecule has 23 heavy (non-hydrogen) atoms. The second kappa shape index (κ2) is 6.08. The molecule has 0 N–H and O–H groups in total. The van der Waals surface area contributed by atoms with Crippen LogP contribution in [0.5, 0.6) is 11.5 Å². The van der Waals surface area contributed by atoms with Crippen LogP contribution in [0.4, 0.5) is 0 Å². The summed E-state index contributed by atoms with van der Waals surface area (Å²) in [6, 6.07) is 7.44. The van der Waals surface area contributed by atoms with Gasteiger partial charge < -0.3 is 9.47 Å². The van der Waals surface area contributed by atoms with Gasteiger partial charge in [-0.05, 0) is 5.75 Å². The molecule has 3 rings (SSSR count). The summed E-state index contributed by atoms with van der Waals surface area (Å²) in [5, 5.41) is 1.52. The Bertz CT molecular complexity index is 852. The lowest BCUT2D eigenvalue weighted by Crippen LogP contribution is -2.18. The van der Waals surface area contributed by atoms with Crippen molar-refractivity contribution in [2.75, 3.05) is 20.0 Å². The van der Waals surface area contributed by atoms with E-state index < -0.39 is 0 Å². The number of benzene rings is 2. The number of carbonyl (C=O) groups excluding carboxylic acids is 2. The van der Waals surface area contributed by atoms with Crippen LogP contribution in [-0.4, -0.2) is 31.5 Å². The third kappa shape index (κ3) is 2.32. The molecule has 0 atom stereocenters. The van der Waals surface area contributed by atoms with Gasteiger partial charge in [-0.15, -0.1) is 11.8 Å². The van der Waals surface area contributed by atoms with Crippen molar-refractivity contribution in [3.63, 3.8) is 0 Å². The molecule has 0 heterocycles. The van der Waals surface area contributed by atoms with E-state index in [1.807, 2.05) is 31.2 Å². The van der Waals surface area contributed by atoms with Gasteiger partial charge in [-0.25, -0.2) is 0 Å². The molecule has 0 fully saturated rings. The highest BCUT2D eigenvalue weighted by molar-refractivity contribution is 8.04.